The second kappa shape index (κ2) is 8.42. The fourth-order valence-corrected chi connectivity index (χ4v) is 1.71. The van der Waals surface area contributed by atoms with Gasteiger partial charge in [-0.2, -0.15) is 0 Å². The maximum Gasteiger partial charge on any atom is 0.326 e. The zero-order valence-corrected chi connectivity index (χ0v) is 13.0. The Morgan fingerprint density at radius 2 is 1.78 bits per heavy atom. The van der Waals surface area contributed by atoms with E-state index in [0.29, 0.717) is 11.3 Å². The van der Waals surface area contributed by atoms with Gasteiger partial charge in [-0.15, -0.1) is 0 Å². The molecular weight excluding hydrogens is 304 g/mol. The average Bonchev–Trinajstić information content (AvgIpc) is 2.87. The number of carbonyl (C=O) groups excluding carboxylic acids is 2. The standard InChI is InChI=1S/C12H12N2O4.C3H6O2/c1-17-8-6-4-3-5-7(8)10(18-2)9-11(15)14-12(16)13-9;1-2-3(4)5/h3-6H,1-2H3,(H2,13,14,15,16);2H2,1H3,(H,4,5). The summed E-state index contributed by atoms with van der Waals surface area (Å²) in [6.07, 6.45) is 0.222. The number of carboxylic acid groups (broad SMARTS) is 1. The maximum absolute atomic E-state index is 11.6. The molecule has 2 rings (SSSR count). The molecule has 1 aromatic carbocycles. The van der Waals surface area contributed by atoms with Crippen molar-refractivity contribution in [3.05, 3.63) is 35.5 Å². The van der Waals surface area contributed by atoms with Crippen molar-refractivity contribution in [2.45, 2.75) is 13.3 Å². The molecule has 0 aromatic heterocycles. The normalized spacial score (nSPS) is 14.9. The van der Waals surface area contributed by atoms with Crippen molar-refractivity contribution >= 4 is 23.7 Å². The van der Waals surface area contributed by atoms with Gasteiger partial charge in [0.05, 0.1) is 19.8 Å². The second-order valence-electron chi connectivity index (χ2n) is 4.26. The van der Waals surface area contributed by atoms with E-state index >= 15 is 0 Å². The van der Waals surface area contributed by atoms with Gasteiger partial charge in [-0.3, -0.25) is 20.2 Å². The van der Waals surface area contributed by atoms with Crippen LogP contribution in [0.2, 0.25) is 0 Å². The Morgan fingerprint density at radius 1 is 1.17 bits per heavy atom. The largest absolute Gasteiger partial charge is 0.496 e. The number of para-hydroxylation sites is 1. The predicted octanol–water partition coefficient (Wildman–Crippen LogP) is 1.33. The summed E-state index contributed by atoms with van der Waals surface area (Å²) in [5, 5.41) is 12.2. The average molecular weight is 322 g/mol. The molecule has 1 saturated heterocycles. The van der Waals surface area contributed by atoms with Crippen molar-refractivity contribution in [1.29, 1.82) is 0 Å². The fraction of sp³-hybridized carbons (Fsp3) is 0.267. The van der Waals surface area contributed by atoms with Crippen LogP contribution >= 0.6 is 0 Å². The minimum atomic E-state index is -0.745. The fourth-order valence-electron chi connectivity index (χ4n) is 1.71. The third-order valence-corrected chi connectivity index (χ3v) is 2.78. The lowest BCUT2D eigenvalue weighted by atomic mass is 10.1. The molecule has 23 heavy (non-hydrogen) atoms. The van der Waals surface area contributed by atoms with E-state index in [-0.39, 0.29) is 17.9 Å². The van der Waals surface area contributed by atoms with E-state index in [9.17, 15) is 14.4 Å². The van der Waals surface area contributed by atoms with Crippen molar-refractivity contribution < 1.29 is 29.0 Å². The summed E-state index contributed by atoms with van der Waals surface area (Å²) in [6, 6.07) is 6.49. The Balaban J connectivity index is 0.000000463. The molecule has 3 amide bonds. The molecule has 1 aromatic rings. The van der Waals surface area contributed by atoms with Crippen LogP contribution in [-0.4, -0.2) is 37.2 Å². The smallest absolute Gasteiger partial charge is 0.326 e. The molecule has 8 heteroatoms. The van der Waals surface area contributed by atoms with Gasteiger partial charge in [0, 0.05) is 6.42 Å². The molecule has 8 nitrogen and oxygen atoms in total. The summed E-state index contributed by atoms with van der Waals surface area (Å²) >= 11 is 0. The van der Waals surface area contributed by atoms with Gasteiger partial charge in [0.1, 0.15) is 5.75 Å². The number of methoxy groups -OCH3 is 2. The molecule has 124 valence electrons. The molecule has 0 unspecified atom stereocenters. The summed E-state index contributed by atoms with van der Waals surface area (Å²) in [5.41, 5.74) is 0.668. The Bertz CT molecular complexity index is 639. The van der Waals surface area contributed by atoms with Gasteiger partial charge in [0.25, 0.3) is 5.91 Å². The van der Waals surface area contributed by atoms with Gasteiger partial charge < -0.3 is 14.6 Å². The minimum Gasteiger partial charge on any atom is -0.496 e. The van der Waals surface area contributed by atoms with E-state index in [1.807, 2.05) is 0 Å². The van der Waals surface area contributed by atoms with Crippen LogP contribution in [0.4, 0.5) is 4.79 Å². The lowest BCUT2D eigenvalue weighted by Gasteiger charge is -2.12. The highest BCUT2D eigenvalue weighted by molar-refractivity contribution is 6.15. The Kier molecular flexibility index (Phi) is 6.60. The van der Waals surface area contributed by atoms with Crippen molar-refractivity contribution in [2.75, 3.05) is 14.2 Å². The van der Waals surface area contributed by atoms with E-state index in [4.69, 9.17) is 14.6 Å². The van der Waals surface area contributed by atoms with Crippen molar-refractivity contribution in [3.63, 3.8) is 0 Å². The number of rotatable bonds is 4. The first-order valence-corrected chi connectivity index (χ1v) is 6.70. The third kappa shape index (κ3) is 4.73. The van der Waals surface area contributed by atoms with Crippen LogP contribution < -0.4 is 15.4 Å². The summed E-state index contributed by atoms with van der Waals surface area (Å²) in [4.78, 5) is 32.1. The number of carbonyl (C=O) groups is 3. The topological polar surface area (TPSA) is 114 Å². The number of urea groups is 1. The summed E-state index contributed by atoms with van der Waals surface area (Å²) in [7, 11) is 2.94. The van der Waals surface area contributed by atoms with Crippen molar-refractivity contribution in [2.24, 2.45) is 0 Å². The van der Waals surface area contributed by atoms with Crippen molar-refractivity contribution in [1.82, 2.24) is 10.6 Å². The van der Waals surface area contributed by atoms with Crippen LogP contribution in [0.15, 0.2) is 30.0 Å². The molecule has 0 saturated carbocycles. The molecule has 1 fully saturated rings. The molecular formula is C15H18N2O6. The van der Waals surface area contributed by atoms with Crippen molar-refractivity contribution in [3.8, 4) is 5.75 Å². The van der Waals surface area contributed by atoms with E-state index in [2.05, 4.69) is 10.6 Å². The van der Waals surface area contributed by atoms with E-state index < -0.39 is 17.9 Å². The molecule has 3 N–H and O–H groups in total. The molecule has 1 aliphatic heterocycles. The molecule has 0 spiro atoms. The van der Waals surface area contributed by atoms with Crippen LogP contribution in [0.25, 0.3) is 5.76 Å². The maximum atomic E-state index is 11.6. The van der Waals surface area contributed by atoms with Gasteiger partial charge in [-0.25, -0.2) is 4.79 Å². The summed E-state index contributed by atoms with van der Waals surface area (Å²) in [6.45, 7) is 1.60. The Morgan fingerprint density at radius 3 is 2.22 bits per heavy atom. The van der Waals surface area contributed by atoms with Crippen LogP contribution in [0.5, 0.6) is 5.75 Å². The number of benzene rings is 1. The first-order chi connectivity index (χ1) is 10.9. The summed E-state index contributed by atoms with van der Waals surface area (Å²) < 4.78 is 10.4. The lowest BCUT2D eigenvalue weighted by Crippen LogP contribution is -2.22. The van der Waals surface area contributed by atoms with Crippen LogP contribution in [0, 0.1) is 0 Å². The highest BCUT2D eigenvalue weighted by atomic mass is 16.5. The van der Waals surface area contributed by atoms with Gasteiger partial charge in [-0.1, -0.05) is 19.1 Å². The zero-order valence-electron chi connectivity index (χ0n) is 13.0. The molecule has 0 atom stereocenters. The van der Waals surface area contributed by atoms with E-state index in [1.165, 1.54) is 14.2 Å². The monoisotopic (exact) mass is 322 g/mol. The van der Waals surface area contributed by atoms with E-state index in [0.717, 1.165) is 0 Å². The van der Waals surface area contributed by atoms with Crippen LogP contribution in [0.1, 0.15) is 18.9 Å². The van der Waals surface area contributed by atoms with Gasteiger partial charge in [-0.05, 0) is 12.1 Å². The number of carboxylic acids is 1. The second-order valence-corrected chi connectivity index (χ2v) is 4.26. The zero-order chi connectivity index (χ0) is 17.4. The van der Waals surface area contributed by atoms with Crippen LogP contribution in [-0.2, 0) is 14.3 Å². The molecule has 1 heterocycles. The molecule has 0 bridgehead atoms. The SMILES string of the molecule is CCC(=O)O.COC(=C1NC(=O)NC1=O)c1ccccc1OC. The lowest BCUT2D eigenvalue weighted by molar-refractivity contribution is -0.136. The highest BCUT2D eigenvalue weighted by Gasteiger charge is 2.29. The highest BCUT2D eigenvalue weighted by Crippen LogP contribution is 2.28. The Hall–Kier alpha value is -3.03. The number of imide groups is 1. The number of aliphatic carboxylic acids is 1. The van der Waals surface area contributed by atoms with Gasteiger partial charge in [0.2, 0.25) is 0 Å². The summed E-state index contributed by atoms with van der Waals surface area (Å²) in [5.74, 6) is -0.459. The first-order valence-electron chi connectivity index (χ1n) is 6.70. The molecule has 0 aliphatic carbocycles. The molecule has 1 aliphatic rings. The molecule has 0 radical (unpaired) electrons. The predicted molar refractivity (Wildman–Crippen MR) is 81.5 cm³/mol. The first kappa shape index (κ1) is 18.0. The number of nitrogens with one attached hydrogen (secondary N) is 2. The number of hydrogen-bond acceptors (Lipinski definition) is 5. The number of amides is 3. The number of ether oxygens (including phenoxy) is 2. The quantitative estimate of drug-likeness (QED) is 0.438. The minimum absolute atomic E-state index is 0.0759. The van der Waals surface area contributed by atoms with Gasteiger partial charge in [0.15, 0.2) is 11.5 Å². The van der Waals surface area contributed by atoms with Crippen LogP contribution in [0.3, 0.4) is 0 Å². The number of hydrogen-bond donors (Lipinski definition) is 3. The van der Waals surface area contributed by atoms with Gasteiger partial charge >= 0.3 is 12.0 Å². The Labute approximate surface area is 133 Å². The third-order valence-electron chi connectivity index (χ3n) is 2.78. The van der Waals surface area contributed by atoms with E-state index in [1.54, 1.807) is 31.2 Å².